The van der Waals surface area contributed by atoms with E-state index in [9.17, 15) is 0 Å². The number of allylic oxidation sites excluding steroid dienone is 6. The summed E-state index contributed by atoms with van der Waals surface area (Å²) >= 11 is 0. The van der Waals surface area contributed by atoms with Crippen molar-refractivity contribution < 1.29 is 4.42 Å². The van der Waals surface area contributed by atoms with E-state index >= 15 is 0 Å². The zero-order chi connectivity index (χ0) is 47.0. The van der Waals surface area contributed by atoms with Gasteiger partial charge in [-0.2, -0.15) is 0 Å². The van der Waals surface area contributed by atoms with Crippen LogP contribution in [0.4, 0.5) is 17.1 Å². The maximum atomic E-state index is 7.47. The Balaban J connectivity index is 0.933. The van der Waals surface area contributed by atoms with E-state index in [0.717, 1.165) is 64.0 Å². The summed E-state index contributed by atoms with van der Waals surface area (Å²) in [6.45, 7) is 2.37. The van der Waals surface area contributed by atoms with Gasteiger partial charge >= 0.3 is 0 Å². The van der Waals surface area contributed by atoms with Crippen molar-refractivity contribution in [1.29, 1.82) is 0 Å². The van der Waals surface area contributed by atoms with Crippen molar-refractivity contribution in [3.63, 3.8) is 0 Å². The molecule has 0 bridgehead atoms. The number of para-hydroxylation sites is 3. The van der Waals surface area contributed by atoms with Crippen LogP contribution in [0.5, 0.6) is 0 Å². The Morgan fingerprint density at radius 3 is 2.07 bits per heavy atom. The van der Waals surface area contributed by atoms with Gasteiger partial charge in [0.2, 0.25) is 0 Å². The molecule has 340 valence electrons. The summed E-state index contributed by atoms with van der Waals surface area (Å²) in [7, 11) is 0. The number of anilines is 3. The molecule has 3 aliphatic carbocycles. The molecule has 3 unspecified atom stereocenters. The Morgan fingerprint density at radius 1 is 0.563 bits per heavy atom. The molecular weight excluding hydrogens is 861 g/mol. The fourth-order valence-electron chi connectivity index (χ4n) is 12.7. The Labute approximate surface area is 414 Å². The van der Waals surface area contributed by atoms with E-state index in [1.807, 2.05) is 0 Å². The first-order valence-electron chi connectivity index (χ1n) is 25.4. The van der Waals surface area contributed by atoms with Crippen molar-refractivity contribution in [2.45, 2.75) is 43.9 Å². The first-order chi connectivity index (χ1) is 35.1. The summed E-state index contributed by atoms with van der Waals surface area (Å²) in [5.41, 5.74) is 19.6. The SMILES string of the molecule is CC1CC=CC(c2ccc(N(c3ccc(-c4ccc5c(c4)c4ccccc4n5-c4ccccc4)cc3)c3cccc4c3oc3c5c(ccc34)C(C3=CC=CCC3)(c3ccccc3)c3ccccc3-5)cc2)C1. The van der Waals surface area contributed by atoms with Crippen LogP contribution in [0.2, 0.25) is 0 Å². The summed E-state index contributed by atoms with van der Waals surface area (Å²) in [5.74, 6) is 1.10. The topological polar surface area (TPSA) is 21.3 Å². The number of furan rings is 1. The van der Waals surface area contributed by atoms with E-state index < -0.39 is 5.41 Å². The lowest BCUT2D eigenvalue weighted by atomic mass is 9.65. The first-order valence-corrected chi connectivity index (χ1v) is 25.4. The van der Waals surface area contributed by atoms with E-state index in [4.69, 9.17) is 4.42 Å². The van der Waals surface area contributed by atoms with E-state index in [2.05, 4.69) is 253 Å². The number of hydrogen-bond donors (Lipinski definition) is 0. The van der Waals surface area contributed by atoms with Crippen LogP contribution in [0.1, 0.15) is 60.8 Å². The predicted molar refractivity (Wildman–Crippen MR) is 297 cm³/mol. The van der Waals surface area contributed by atoms with Gasteiger partial charge in [0, 0.05) is 50.1 Å². The van der Waals surface area contributed by atoms with E-state index in [-0.39, 0.29) is 0 Å². The third-order valence-corrected chi connectivity index (χ3v) is 15.9. The second-order valence-electron chi connectivity index (χ2n) is 19.9. The summed E-state index contributed by atoms with van der Waals surface area (Å²) in [4.78, 5) is 2.40. The lowest BCUT2D eigenvalue weighted by Gasteiger charge is -2.36. The Hall–Kier alpha value is -8.40. The molecule has 14 rings (SSSR count). The number of rotatable bonds is 8. The molecule has 0 saturated carbocycles. The highest BCUT2D eigenvalue weighted by Crippen LogP contribution is 2.60. The van der Waals surface area contributed by atoms with Gasteiger partial charge in [0.15, 0.2) is 5.58 Å². The molecule has 2 aromatic heterocycles. The molecule has 3 aliphatic rings. The van der Waals surface area contributed by atoms with Crippen molar-refractivity contribution in [2.75, 3.05) is 4.90 Å². The van der Waals surface area contributed by atoms with Crippen molar-refractivity contribution in [3.8, 4) is 27.9 Å². The normalized spacial score (nSPS) is 18.3. The molecule has 0 N–H and O–H groups in total. The zero-order valence-corrected chi connectivity index (χ0v) is 39.8. The maximum absolute atomic E-state index is 7.47. The molecular formula is C68H52N2O. The van der Waals surface area contributed by atoms with Crippen LogP contribution in [0.15, 0.2) is 247 Å². The lowest BCUT2D eigenvalue weighted by molar-refractivity contribution is 0.489. The predicted octanol–water partition coefficient (Wildman–Crippen LogP) is 18.5. The molecule has 0 fully saturated rings. The lowest BCUT2D eigenvalue weighted by Crippen LogP contribution is -2.30. The number of hydrogen-bond acceptors (Lipinski definition) is 2. The highest BCUT2D eigenvalue weighted by molar-refractivity contribution is 6.16. The molecule has 0 aliphatic heterocycles. The van der Waals surface area contributed by atoms with Crippen LogP contribution >= 0.6 is 0 Å². The van der Waals surface area contributed by atoms with Crippen molar-refractivity contribution >= 4 is 60.8 Å². The Morgan fingerprint density at radius 2 is 1.27 bits per heavy atom. The van der Waals surface area contributed by atoms with Gasteiger partial charge in [-0.1, -0.05) is 188 Å². The Bertz CT molecular complexity index is 3940. The average molecular weight is 913 g/mol. The number of nitrogens with zero attached hydrogens (tertiary/aromatic N) is 2. The maximum Gasteiger partial charge on any atom is 0.159 e. The Kier molecular flexibility index (Phi) is 9.74. The fraction of sp³-hybridized carbons (Fsp3) is 0.118. The molecule has 3 nitrogen and oxygen atoms in total. The van der Waals surface area contributed by atoms with Crippen LogP contribution in [-0.2, 0) is 5.41 Å². The van der Waals surface area contributed by atoms with Crippen molar-refractivity contribution in [3.05, 3.63) is 264 Å². The molecule has 2 heterocycles. The molecule has 71 heavy (non-hydrogen) atoms. The summed E-state index contributed by atoms with van der Waals surface area (Å²) in [5, 5.41) is 4.73. The van der Waals surface area contributed by atoms with Crippen LogP contribution in [0.3, 0.4) is 0 Å². The highest BCUT2D eigenvalue weighted by Gasteiger charge is 2.48. The molecule has 0 amide bonds. The number of fused-ring (bicyclic) bond motifs is 10. The van der Waals surface area contributed by atoms with Gasteiger partial charge in [0.1, 0.15) is 5.58 Å². The first kappa shape index (κ1) is 41.6. The summed E-state index contributed by atoms with van der Waals surface area (Å²) < 4.78 is 9.85. The minimum atomic E-state index is -0.432. The van der Waals surface area contributed by atoms with Gasteiger partial charge < -0.3 is 13.9 Å². The monoisotopic (exact) mass is 912 g/mol. The fourth-order valence-corrected chi connectivity index (χ4v) is 12.7. The molecule has 0 spiro atoms. The van der Waals surface area contributed by atoms with Gasteiger partial charge in [-0.25, -0.2) is 0 Å². The molecule has 11 aromatic rings. The third-order valence-electron chi connectivity index (χ3n) is 15.9. The van der Waals surface area contributed by atoms with E-state index in [1.54, 1.807) is 0 Å². The van der Waals surface area contributed by atoms with Gasteiger partial charge in [-0.3, -0.25) is 0 Å². The minimum absolute atomic E-state index is 0.423. The van der Waals surface area contributed by atoms with Crippen LogP contribution in [0, 0.1) is 5.92 Å². The van der Waals surface area contributed by atoms with Gasteiger partial charge in [0.05, 0.1) is 22.1 Å². The van der Waals surface area contributed by atoms with E-state index in [1.165, 1.54) is 78.3 Å². The smallest absolute Gasteiger partial charge is 0.159 e. The third kappa shape index (κ3) is 6.49. The highest BCUT2D eigenvalue weighted by atomic mass is 16.3. The summed E-state index contributed by atoms with van der Waals surface area (Å²) in [6, 6.07) is 76.3. The van der Waals surface area contributed by atoms with Crippen LogP contribution < -0.4 is 4.90 Å². The van der Waals surface area contributed by atoms with E-state index in [0.29, 0.717) is 11.8 Å². The van der Waals surface area contributed by atoms with Crippen LogP contribution in [0.25, 0.3) is 71.7 Å². The van der Waals surface area contributed by atoms with Gasteiger partial charge in [0.25, 0.3) is 0 Å². The molecule has 3 heteroatoms. The second kappa shape index (κ2) is 16.6. The molecule has 3 atom stereocenters. The van der Waals surface area contributed by atoms with Gasteiger partial charge in [-0.15, -0.1) is 0 Å². The standard InChI is InChI=1S/C68H52N2O/c1-45-17-15-18-48(43-45)46-31-36-53(37-32-46)69(54-38-33-47(34-39-54)49-35-42-63-59(44-49)55-25-12-14-29-62(55)70(63)52-23-9-4-10-24-52)64-30-16-27-56-57-40-41-61-65(67(57)71-66(56)64)58-26-11-13-28-60(58)68(61,50-19-5-2-6-20-50)51-21-7-3-8-22-51/h2-7,9-16,18-21,23-42,44-45,48H,8,17,22,43H2,1H3. The molecule has 9 aromatic carbocycles. The number of benzene rings is 9. The largest absolute Gasteiger partial charge is 0.453 e. The quantitative estimate of drug-likeness (QED) is 0.142. The van der Waals surface area contributed by atoms with Crippen molar-refractivity contribution in [1.82, 2.24) is 4.57 Å². The minimum Gasteiger partial charge on any atom is -0.453 e. The number of aromatic nitrogens is 1. The molecule has 0 radical (unpaired) electrons. The second-order valence-corrected chi connectivity index (χ2v) is 19.9. The molecule has 0 saturated heterocycles. The zero-order valence-electron chi connectivity index (χ0n) is 39.8. The van der Waals surface area contributed by atoms with Gasteiger partial charge in [-0.05, 0) is 131 Å². The summed E-state index contributed by atoms with van der Waals surface area (Å²) in [6.07, 6.45) is 16.0. The average Bonchev–Trinajstić information content (AvgIpc) is 4.09. The van der Waals surface area contributed by atoms with Crippen LogP contribution in [-0.4, -0.2) is 4.57 Å². The van der Waals surface area contributed by atoms with Crippen molar-refractivity contribution in [2.24, 2.45) is 5.92 Å².